The van der Waals surface area contributed by atoms with Gasteiger partial charge in [-0.3, -0.25) is 0 Å². The van der Waals surface area contributed by atoms with Crippen LogP contribution in [0.3, 0.4) is 0 Å². The van der Waals surface area contributed by atoms with Crippen molar-refractivity contribution >= 4 is 27.6 Å². The second kappa shape index (κ2) is 3.77. The SMILES string of the molecule is CC1(C)CC1Nc1ccc(C(=O)O)cc1Br. The summed E-state index contributed by atoms with van der Waals surface area (Å²) in [6, 6.07) is 5.53. The molecule has 0 spiro atoms. The van der Waals surface area contributed by atoms with Crippen LogP contribution in [0.15, 0.2) is 22.7 Å². The van der Waals surface area contributed by atoms with Crippen LogP contribution in [0, 0.1) is 5.41 Å². The van der Waals surface area contributed by atoms with Crippen molar-refractivity contribution in [3.63, 3.8) is 0 Å². The molecule has 0 bridgehead atoms. The van der Waals surface area contributed by atoms with Crippen molar-refractivity contribution in [1.29, 1.82) is 0 Å². The lowest BCUT2D eigenvalue weighted by Gasteiger charge is -2.10. The number of rotatable bonds is 3. The molecule has 86 valence electrons. The molecule has 3 nitrogen and oxygen atoms in total. The molecule has 0 saturated heterocycles. The van der Waals surface area contributed by atoms with E-state index in [1.807, 2.05) is 6.07 Å². The molecule has 2 N–H and O–H groups in total. The van der Waals surface area contributed by atoms with E-state index in [1.165, 1.54) is 0 Å². The first-order chi connectivity index (χ1) is 7.40. The zero-order chi connectivity index (χ0) is 11.9. The second-order valence-corrected chi connectivity index (χ2v) is 5.74. The lowest BCUT2D eigenvalue weighted by atomic mass is 10.1. The number of hydrogen-bond donors (Lipinski definition) is 2. The Labute approximate surface area is 103 Å². The third-order valence-corrected chi connectivity index (χ3v) is 3.72. The van der Waals surface area contributed by atoms with Crippen LogP contribution in [0.1, 0.15) is 30.6 Å². The monoisotopic (exact) mass is 283 g/mol. The van der Waals surface area contributed by atoms with Gasteiger partial charge in [-0.2, -0.15) is 0 Å². The van der Waals surface area contributed by atoms with Crippen LogP contribution in [-0.4, -0.2) is 17.1 Å². The van der Waals surface area contributed by atoms with Gasteiger partial charge in [-0.25, -0.2) is 4.79 Å². The van der Waals surface area contributed by atoms with Gasteiger partial charge in [0.15, 0.2) is 0 Å². The fourth-order valence-corrected chi connectivity index (χ4v) is 2.16. The summed E-state index contributed by atoms with van der Waals surface area (Å²) in [7, 11) is 0. The van der Waals surface area contributed by atoms with Gasteiger partial charge in [0.25, 0.3) is 0 Å². The molecule has 1 aromatic carbocycles. The summed E-state index contributed by atoms with van der Waals surface area (Å²) >= 11 is 3.38. The lowest BCUT2D eigenvalue weighted by Crippen LogP contribution is -2.09. The zero-order valence-corrected chi connectivity index (χ0v) is 10.8. The van der Waals surface area contributed by atoms with Crippen LogP contribution >= 0.6 is 15.9 Å². The maximum absolute atomic E-state index is 10.8. The number of hydrogen-bond acceptors (Lipinski definition) is 2. The normalized spacial score (nSPS) is 21.6. The highest BCUT2D eigenvalue weighted by molar-refractivity contribution is 9.10. The molecule has 1 fully saturated rings. The maximum atomic E-state index is 10.8. The first-order valence-corrected chi connectivity index (χ1v) is 5.99. The Morgan fingerprint density at radius 1 is 1.56 bits per heavy atom. The molecular formula is C12H14BrNO2. The minimum absolute atomic E-state index is 0.299. The van der Waals surface area contributed by atoms with Crippen molar-refractivity contribution in [3.05, 3.63) is 28.2 Å². The maximum Gasteiger partial charge on any atom is 0.335 e. The molecule has 1 aliphatic rings. The van der Waals surface area contributed by atoms with E-state index in [9.17, 15) is 4.79 Å². The van der Waals surface area contributed by atoms with E-state index in [1.54, 1.807) is 12.1 Å². The molecule has 1 saturated carbocycles. The van der Waals surface area contributed by atoms with Crippen LogP contribution in [0.5, 0.6) is 0 Å². The summed E-state index contributed by atoms with van der Waals surface area (Å²) in [5, 5.41) is 12.2. The standard InChI is InChI=1S/C12H14BrNO2/c1-12(2)6-10(12)14-9-4-3-7(11(15)16)5-8(9)13/h3-5,10,14H,6H2,1-2H3,(H,15,16). The van der Waals surface area contributed by atoms with Gasteiger partial charge in [-0.05, 0) is 46.0 Å². The summed E-state index contributed by atoms with van der Waals surface area (Å²) in [5.74, 6) is -0.904. The highest BCUT2D eigenvalue weighted by atomic mass is 79.9. The topological polar surface area (TPSA) is 49.3 Å². The quantitative estimate of drug-likeness (QED) is 0.894. The van der Waals surface area contributed by atoms with E-state index in [2.05, 4.69) is 35.1 Å². The van der Waals surface area contributed by atoms with Gasteiger partial charge in [0.05, 0.1) is 5.56 Å². The van der Waals surface area contributed by atoms with Crippen molar-refractivity contribution in [2.45, 2.75) is 26.3 Å². The van der Waals surface area contributed by atoms with Crippen LogP contribution in [-0.2, 0) is 0 Å². The van der Waals surface area contributed by atoms with Crippen LogP contribution in [0.2, 0.25) is 0 Å². The Bertz CT molecular complexity index is 443. The van der Waals surface area contributed by atoms with E-state index < -0.39 is 5.97 Å². The number of carboxylic acid groups (broad SMARTS) is 1. The molecule has 1 aromatic rings. The number of aromatic carboxylic acids is 1. The van der Waals surface area contributed by atoms with E-state index in [0.29, 0.717) is 17.0 Å². The highest BCUT2D eigenvalue weighted by Gasteiger charge is 2.45. The van der Waals surface area contributed by atoms with E-state index in [-0.39, 0.29) is 0 Å². The van der Waals surface area contributed by atoms with Crippen LogP contribution in [0.4, 0.5) is 5.69 Å². The molecule has 1 unspecified atom stereocenters. The number of anilines is 1. The Morgan fingerprint density at radius 3 is 2.62 bits per heavy atom. The van der Waals surface area contributed by atoms with Gasteiger partial charge in [-0.15, -0.1) is 0 Å². The summed E-state index contributed by atoms with van der Waals surface area (Å²) in [6.45, 7) is 4.42. The average Bonchev–Trinajstić information content (AvgIpc) is 2.77. The van der Waals surface area contributed by atoms with Gasteiger partial charge in [-0.1, -0.05) is 13.8 Å². The number of benzene rings is 1. The van der Waals surface area contributed by atoms with Crippen LogP contribution in [0.25, 0.3) is 0 Å². The minimum atomic E-state index is -0.904. The predicted octanol–water partition coefficient (Wildman–Crippen LogP) is 3.36. The fraction of sp³-hybridized carbons (Fsp3) is 0.417. The predicted molar refractivity (Wildman–Crippen MR) is 66.9 cm³/mol. The second-order valence-electron chi connectivity index (χ2n) is 4.89. The largest absolute Gasteiger partial charge is 0.478 e. The molecule has 1 atom stereocenters. The molecule has 0 amide bonds. The molecular weight excluding hydrogens is 270 g/mol. The van der Waals surface area contributed by atoms with Gasteiger partial charge in [0.1, 0.15) is 0 Å². The third-order valence-electron chi connectivity index (χ3n) is 3.06. The lowest BCUT2D eigenvalue weighted by molar-refractivity contribution is 0.0697. The highest BCUT2D eigenvalue weighted by Crippen LogP contribution is 2.47. The number of nitrogens with one attached hydrogen (secondary N) is 1. The zero-order valence-electron chi connectivity index (χ0n) is 9.25. The molecule has 0 heterocycles. The van der Waals surface area contributed by atoms with E-state index in [0.717, 1.165) is 16.6 Å². The molecule has 0 radical (unpaired) electrons. The fourth-order valence-electron chi connectivity index (χ4n) is 1.67. The molecule has 16 heavy (non-hydrogen) atoms. The third kappa shape index (κ3) is 2.21. The van der Waals surface area contributed by atoms with Crippen molar-refractivity contribution in [3.8, 4) is 0 Å². The van der Waals surface area contributed by atoms with Crippen molar-refractivity contribution in [2.24, 2.45) is 5.41 Å². The van der Waals surface area contributed by atoms with Crippen LogP contribution < -0.4 is 5.32 Å². The number of carbonyl (C=O) groups is 1. The molecule has 4 heteroatoms. The Balaban J connectivity index is 2.14. The average molecular weight is 284 g/mol. The van der Waals surface area contributed by atoms with Crippen molar-refractivity contribution in [2.75, 3.05) is 5.32 Å². The van der Waals surface area contributed by atoms with Gasteiger partial charge >= 0.3 is 5.97 Å². The number of halogens is 1. The molecule has 2 rings (SSSR count). The Morgan fingerprint density at radius 2 is 2.19 bits per heavy atom. The first kappa shape index (κ1) is 11.5. The summed E-state index contributed by atoms with van der Waals surface area (Å²) in [6.07, 6.45) is 1.15. The molecule has 0 aromatic heterocycles. The van der Waals surface area contributed by atoms with E-state index >= 15 is 0 Å². The van der Waals surface area contributed by atoms with Crippen molar-refractivity contribution in [1.82, 2.24) is 0 Å². The smallest absolute Gasteiger partial charge is 0.335 e. The first-order valence-electron chi connectivity index (χ1n) is 5.19. The van der Waals surface area contributed by atoms with Gasteiger partial charge in [0.2, 0.25) is 0 Å². The minimum Gasteiger partial charge on any atom is -0.478 e. The Kier molecular flexibility index (Phi) is 2.70. The summed E-state index contributed by atoms with van der Waals surface area (Å²) in [5.41, 5.74) is 1.61. The van der Waals surface area contributed by atoms with Crippen molar-refractivity contribution < 1.29 is 9.90 Å². The van der Waals surface area contributed by atoms with E-state index in [4.69, 9.17) is 5.11 Å². The summed E-state index contributed by atoms with van der Waals surface area (Å²) < 4.78 is 0.801. The molecule has 1 aliphatic carbocycles. The summed E-state index contributed by atoms with van der Waals surface area (Å²) in [4.78, 5) is 10.8. The van der Waals surface area contributed by atoms with Gasteiger partial charge < -0.3 is 10.4 Å². The Hall–Kier alpha value is -1.03. The molecule has 0 aliphatic heterocycles. The number of carboxylic acids is 1. The van der Waals surface area contributed by atoms with Gasteiger partial charge in [0, 0.05) is 16.2 Å².